The number of unbranched alkanes of at least 4 members (excludes halogenated alkanes) is 4. The van der Waals surface area contributed by atoms with Crippen LogP contribution < -0.4 is 5.46 Å². The Morgan fingerprint density at radius 1 is 0.920 bits per heavy atom. The molecule has 4 heteroatoms. The summed E-state index contributed by atoms with van der Waals surface area (Å²) < 4.78 is 0. The summed E-state index contributed by atoms with van der Waals surface area (Å²) >= 11 is 0. The number of hydrogen-bond donors (Lipinski definition) is 0. The molecule has 1 heterocycles. The fourth-order valence-electron chi connectivity index (χ4n) is 3.83. The van der Waals surface area contributed by atoms with Gasteiger partial charge in [-0.15, -0.1) is 0 Å². The summed E-state index contributed by atoms with van der Waals surface area (Å²) in [5, 5.41) is 0. The van der Waals surface area contributed by atoms with Gasteiger partial charge in [0.2, 0.25) is 0 Å². The van der Waals surface area contributed by atoms with E-state index in [1.807, 2.05) is 26.9 Å². The lowest BCUT2D eigenvalue weighted by molar-refractivity contribution is 0.0622. The van der Waals surface area contributed by atoms with Crippen LogP contribution in [0, 0.1) is 12.8 Å². The average molecular weight is 341 g/mol. The third-order valence-electron chi connectivity index (χ3n) is 5.41. The number of carbonyl (C=O) groups excluding carboxylic acids is 2. The van der Waals surface area contributed by atoms with Gasteiger partial charge in [-0.25, -0.2) is 0 Å². The Bertz CT molecular complexity index is 586. The van der Waals surface area contributed by atoms with E-state index in [0.717, 1.165) is 30.3 Å². The minimum absolute atomic E-state index is 0.0868. The standard InChI is InChI=1S/C21H32BNO2/c1-4-6-8-9-11-16(10-7-5-2)14-23-20(24)18-15(3)12-13-17(22)19(18)21(23)25/h12-13,16H,4-11,14,22H2,1-3H3. The molecule has 0 aromatic heterocycles. The lowest BCUT2D eigenvalue weighted by Gasteiger charge is -2.22. The smallest absolute Gasteiger partial charge is 0.261 e. The van der Waals surface area contributed by atoms with Crippen LogP contribution >= 0.6 is 0 Å². The summed E-state index contributed by atoms with van der Waals surface area (Å²) in [5.74, 6) is 0.257. The van der Waals surface area contributed by atoms with Crippen LogP contribution in [0.1, 0.15) is 91.5 Å². The maximum atomic E-state index is 12.9. The average Bonchev–Trinajstić information content (AvgIpc) is 2.85. The van der Waals surface area contributed by atoms with Crippen LogP contribution in [0.5, 0.6) is 0 Å². The van der Waals surface area contributed by atoms with E-state index >= 15 is 0 Å². The zero-order valence-electron chi connectivity index (χ0n) is 16.4. The number of rotatable bonds is 10. The number of benzene rings is 1. The van der Waals surface area contributed by atoms with Gasteiger partial charge in [0.1, 0.15) is 7.85 Å². The lowest BCUT2D eigenvalue weighted by Crippen LogP contribution is -2.35. The first-order valence-electron chi connectivity index (χ1n) is 9.97. The number of aryl methyl sites for hydroxylation is 1. The van der Waals surface area contributed by atoms with E-state index in [9.17, 15) is 9.59 Å². The molecule has 1 aliphatic rings. The first-order chi connectivity index (χ1) is 12.0. The van der Waals surface area contributed by atoms with Crippen molar-refractivity contribution < 1.29 is 9.59 Å². The van der Waals surface area contributed by atoms with E-state index < -0.39 is 0 Å². The molecule has 2 amide bonds. The van der Waals surface area contributed by atoms with Crippen LogP contribution in [-0.4, -0.2) is 31.1 Å². The Morgan fingerprint density at radius 2 is 1.56 bits per heavy atom. The molecule has 0 spiro atoms. The number of fused-ring (bicyclic) bond motifs is 1. The number of amides is 2. The molecule has 136 valence electrons. The number of carbonyl (C=O) groups is 2. The molecular weight excluding hydrogens is 309 g/mol. The van der Waals surface area contributed by atoms with Crippen molar-refractivity contribution in [2.45, 2.75) is 72.1 Å². The second-order valence-corrected chi connectivity index (χ2v) is 7.53. The van der Waals surface area contributed by atoms with Crippen LogP contribution in [0.25, 0.3) is 0 Å². The molecule has 1 aromatic carbocycles. The molecule has 1 atom stereocenters. The Kier molecular flexibility index (Phi) is 7.28. The van der Waals surface area contributed by atoms with E-state index in [-0.39, 0.29) is 11.8 Å². The van der Waals surface area contributed by atoms with Gasteiger partial charge in [-0.3, -0.25) is 14.5 Å². The highest BCUT2D eigenvalue weighted by atomic mass is 16.2. The first-order valence-corrected chi connectivity index (χ1v) is 9.97. The Morgan fingerprint density at radius 3 is 2.20 bits per heavy atom. The van der Waals surface area contributed by atoms with Crippen LogP contribution in [-0.2, 0) is 0 Å². The summed E-state index contributed by atoms with van der Waals surface area (Å²) in [4.78, 5) is 27.3. The van der Waals surface area contributed by atoms with Crippen molar-refractivity contribution in [3.8, 4) is 0 Å². The van der Waals surface area contributed by atoms with Gasteiger partial charge in [-0.1, -0.05) is 70.0 Å². The van der Waals surface area contributed by atoms with E-state index in [1.54, 1.807) is 0 Å². The lowest BCUT2D eigenvalue weighted by atomic mass is 9.86. The fourth-order valence-corrected chi connectivity index (χ4v) is 3.83. The summed E-state index contributed by atoms with van der Waals surface area (Å²) in [6.07, 6.45) is 9.50. The first kappa shape index (κ1) is 19.7. The van der Waals surface area contributed by atoms with Crippen LogP contribution in [0.4, 0.5) is 0 Å². The van der Waals surface area contributed by atoms with E-state index in [4.69, 9.17) is 0 Å². The Hall–Kier alpha value is -1.58. The third kappa shape index (κ3) is 4.53. The summed E-state index contributed by atoms with van der Waals surface area (Å²) in [6, 6.07) is 3.89. The summed E-state index contributed by atoms with van der Waals surface area (Å²) in [6.45, 7) is 6.92. The molecule has 2 rings (SSSR count). The number of imide groups is 1. The van der Waals surface area contributed by atoms with Gasteiger partial charge >= 0.3 is 0 Å². The summed E-state index contributed by atoms with van der Waals surface area (Å²) in [5.41, 5.74) is 3.08. The Balaban J connectivity index is 2.11. The van der Waals surface area contributed by atoms with E-state index in [2.05, 4.69) is 13.8 Å². The van der Waals surface area contributed by atoms with Gasteiger partial charge in [0.25, 0.3) is 11.8 Å². The SMILES string of the molecule is Bc1ccc(C)c2c1C(=O)N(CC(CCCC)CCCCCC)C2=O. The maximum Gasteiger partial charge on any atom is 0.261 e. The summed E-state index contributed by atoms with van der Waals surface area (Å²) in [7, 11) is 1.92. The molecule has 0 aliphatic carbocycles. The van der Waals surface area contributed by atoms with Crippen LogP contribution in [0.15, 0.2) is 12.1 Å². The van der Waals surface area contributed by atoms with Crippen molar-refractivity contribution in [2.24, 2.45) is 5.92 Å². The monoisotopic (exact) mass is 341 g/mol. The van der Waals surface area contributed by atoms with Gasteiger partial charge in [-0.05, 0) is 31.2 Å². The quantitative estimate of drug-likeness (QED) is 0.370. The van der Waals surface area contributed by atoms with Gasteiger partial charge in [0.05, 0.1) is 5.56 Å². The van der Waals surface area contributed by atoms with Crippen molar-refractivity contribution in [1.29, 1.82) is 0 Å². The largest absolute Gasteiger partial charge is 0.274 e. The third-order valence-corrected chi connectivity index (χ3v) is 5.41. The molecule has 25 heavy (non-hydrogen) atoms. The molecular formula is C21H32BNO2. The van der Waals surface area contributed by atoms with Gasteiger partial charge in [-0.2, -0.15) is 0 Å². The minimum atomic E-state index is -0.0868. The van der Waals surface area contributed by atoms with Crippen molar-refractivity contribution in [2.75, 3.05) is 6.54 Å². The van der Waals surface area contributed by atoms with Gasteiger partial charge in [0.15, 0.2) is 0 Å². The fraction of sp³-hybridized carbons (Fsp3) is 0.619. The van der Waals surface area contributed by atoms with Crippen molar-refractivity contribution in [3.05, 3.63) is 28.8 Å². The highest BCUT2D eigenvalue weighted by Crippen LogP contribution is 2.27. The zero-order valence-corrected chi connectivity index (χ0v) is 16.4. The normalized spacial score (nSPS) is 14.9. The zero-order chi connectivity index (χ0) is 18.4. The molecule has 0 fully saturated rings. The van der Waals surface area contributed by atoms with Crippen LogP contribution in [0.2, 0.25) is 0 Å². The molecule has 0 radical (unpaired) electrons. The Labute approximate surface area is 153 Å². The molecule has 0 saturated heterocycles. The van der Waals surface area contributed by atoms with Crippen LogP contribution in [0.3, 0.4) is 0 Å². The molecule has 1 aliphatic heterocycles. The molecule has 0 saturated carbocycles. The highest BCUT2D eigenvalue weighted by molar-refractivity contribution is 6.40. The van der Waals surface area contributed by atoms with E-state index in [0.29, 0.717) is 23.6 Å². The van der Waals surface area contributed by atoms with Crippen molar-refractivity contribution in [1.82, 2.24) is 4.90 Å². The number of nitrogens with zero attached hydrogens (tertiary/aromatic N) is 1. The van der Waals surface area contributed by atoms with E-state index in [1.165, 1.54) is 37.0 Å². The minimum Gasteiger partial charge on any atom is -0.274 e. The predicted octanol–water partition coefficient (Wildman–Crippen LogP) is 3.63. The molecule has 1 aromatic rings. The topological polar surface area (TPSA) is 37.4 Å². The van der Waals surface area contributed by atoms with Crippen molar-refractivity contribution in [3.63, 3.8) is 0 Å². The maximum absolute atomic E-state index is 12.9. The molecule has 0 N–H and O–H groups in total. The molecule has 1 unspecified atom stereocenters. The van der Waals surface area contributed by atoms with Crippen molar-refractivity contribution >= 4 is 25.1 Å². The second kappa shape index (κ2) is 9.21. The molecule has 3 nitrogen and oxygen atoms in total. The highest BCUT2D eigenvalue weighted by Gasteiger charge is 2.38. The van der Waals surface area contributed by atoms with Gasteiger partial charge < -0.3 is 0 Å². The van der Waals surface area contributed by atoms with Gasteiger partial charge in [0, 0.05) is 12.1 Å². The second-order valence-electron chi connectivity index (χ2n) is 7.53. The number of hydrogen-bond acceptors (Lipinski definition) is 2. The predicted molar refractivity (Wildman–Crippen MR) is 106 cm³/mol. The molecule has 0 bridgehead atoms.